The minimum atomic E-state index is -0.611. The SMILES string of the molecule is CCN(CC)C(=S)SSC(=S)N(CC)CC.CS(C)=O. The molecule has 0 bridgehead atoms. The Kier molecular flexibility index (Phi) is 16.7. The molecule has 0 saturated heterocycles. The third-order valence-electron chi connectivity index (χ3n) is 2.23. The van der Waals surface area contributed by atoms with Gasteiger partial charge in [-0.05, 0) is 49.3 Å². The third-order valence-corrected chi connectivity index (χ3v) is 5.96. The predicted molar refractivity (Wildman–Crippen MR) is 106 cm³/mol. The smallest absolute Gasteiger partial charge is 0.147 e. The summed E-state index contributed by atoms with van der Waals surface area (Å²) in [6.07, 6.45) is 3.28. The van der Waals surface area contributed by atoms with Gasteiger partial charge in [-0.2, -0.15) is 0 Å². The average Bonchev–Trinajstić information content (AvgIpc) is 2.38. The van der Waals surface area contributed by atoms with E-state index in [0.29, 0.717) is 0 Å². The molecule has 0 heterocycles. The molecule has 0 aliphatic rings. The normalized spacial score (nSPS) is 9.75. The van der Waals surface area contributed by atoms with E-state index in [9.17, 15) is 4.21 Å². The van der Waals surface area contributed by atoms with Crippen LogP contribution in [0, 0.1) is 0 Å². The van der Waals surface area contributed by atoms with E-state index in [0.717, 1.165) is 34.8 Å². The zero-order chi connectivity index (χ0) is 16.1. The van der Waals surface area contributed by atoms with Gasteiger partial charge >= 0.3 is 0 Å². The molecular formula is C12H26N2OS5. The van der Waals surface area contributed by atoms with Crippen LogP contribution >= 0.6 is 46.0 Å². The molecule has 0 atom stereocenters. The molecule has 0 N–H and O–H groups in total. The standard InChI is InChI=1S/C10H20N2S4.C2H6OS/c1-5-11(6-2)9(13)15-16-10(14)12(7-3)8-4;1-4(2)3/h5-8H2,1-4H3;1-2H3. The second-order valence-corrected chi connectivity index (χ2v) is 8.66. The zero-order valence-electron chi connectivity index (χ0n) is 13.2. The minimum Gasteiger partial charge on any atom is -0.357 e. The van der Waals surface area contributed by atoms with Crippen molar-refractivity contribution in [2.45, 2.75) is 27.7 Å². The summed E-state index contributed by atoms with van der Waals surface area (Å²) >= 11 is 10.7. The largest absolute Gasteiger partial charge is 0.357 e. The van der Waals surface area contributed by atoms with Crippen LogP contribution in [0.1, 0.15) is 27.7 Å². The Labute approximate surface area is 145 Å². The van der Waals surface area contributed by atoms with E-state index in [2.05, 4.69) is 37.5 Å². The van der Waals surface area contributed by atoms with Gasteiger partial charge in [-0.3, -0.25) is 4.21 Å². The van der Waals surface area contributed by atoms with Crippen molar-refractivity contribution in [2.24, 2.45) is 0 Å². The van der Waals surface area contributed by atoms with Crippen molar-refractivity contribution in [1.29, 1.82) is 0 Å². The lowest BCUT2D eigenvalue weighted by Crippen LogP contribution is -2.28. The van der Waals surface area contributed by atoms with Crippen molar-refractivity contribution in [3.8, 4) is 0 Å². The van der Waals surface area contributed by atoms with Crippen LogP contribution in [0.15, 0.2) is 0 Å². The van der Waals surface area contributed by atoms with E-state index >= 15 is 0 Å². The van der Waals surface area contributed by atoms with Gasteiger partial charge in [-0.1, -0.05) is 24.4 Å². The molecule has 0 aromatic carbocycles. The van der Waals surface area contributed by atoms with Gasteiger partial charge in [-0.25, -0.2) is 0 Å². The summed E-state index contributed by atoms with van der Waals surface area (Å²) in [5, 5.41) is 0. The molecule has 120 valence electrons. The molecule has 0 amide bonds. The van der Waals surface area contributed by atoms with Crippen LogP contribution in [0.5, 0.6) is 0 Å². The summed E-state index contributed by atoms with van der Waals surface area (Å²) < 4.78 is 11.4. The molecule has 0 aliphatic heterocycles. The molecular weight excluding hydrogens is 348 g/mol. The van der Waals surface area contributed by atoms with Crippen LogP contribution < -0.4 is 0 Å². The lowest BCUT2D eigenvalue weighted by molar-refractivity contribution is 0.482. The zero-order valence-corrected chi connectivity index (χ0v) is 17.3. The maximum Gasteiger partial charge on any atom is 0.147 e. The highest BCUT2D eigenvalue weighted by Crippen LogP contribution is 2.28. The van der Waals surface area contributed by atoms with Crippen LogP contribution in [0.4, 0.5) is 0 Å². The van der Waals surface area contributed by atoms with Gasteiger partial charge in [0.15, 0.2) is 0 Å². The maximum atomic E-state index is 9.56. The summed E-state index contributed by atoms with van der Waals surface area (Å²) in [7, 11) is 2.57. The summed E-state index contributed by atoms with van der Waals surface area (Å²) in [6.45, 7) is 12.3. The summed E-state index contributed by atoms with van der Waals surface area (Å²) in [5.41, 5.74) is 0. The number of hydrogen-bond donors (Lipinski definition) is 0. The fraction of sp³-hybridized carbons (Fsp3) is 0.833. The summed E-state index contributed by atoms with van der Waals surface area (Å²) in [6, 6.07) is 0. The molecule has 0 rings (SSSR count). The number of hydrogen-bond acceptors (Lipinski definition) is 5. The topological polar surface area (TPSA) is 23.6 Å². The fourth-order valence-corrected chi connectivity index (χ4v) is 4.20. The Morgan fingerprint density at radius 3 is 1.20 bits per heavy atom. The molecule has 0 aliphatic carbocycles. The molecule has 0 aromatic rings. The third kappa shape index (κ3) is 12.4. The summed E-state index contributed by atoms with van der Waals surface area (Å²) in [4.78, 5) is 4.33. The Bertz CT molecular complexity index is 276. The first kappa shape index (κ1) is 22.9. The van der Waals surface area contributed by atoms with E-state index in [4.69, 9.17) is 24.4 Å². The van der Waals surface area contributed by atoms with E-state index < -0.39 is 10.8 Å². The predicted octanol–water partition coefficient (Wildman–Crippen LogP) is 3.62. The van der Waals surface area contributed by atoms with Crippen LogP contribution in [0.3, 0.4) is 0 Å². The highest BCUT2D eigenvalue weighted by Gasteiger charge is 2.11. The Morgan fingerprint density at radius 2 is 1.05 bits per heavy atom. The second-order valence-electron chi connectivity index (χ2n) is 3.78. The van der Waals surface area contributed by atoms with Gasteiger partial charge in [0.05, 0.1) is 0 Å². The van der Waals surface area contributed by atoms with Gasteiger partial charge in [0, 0.05) is 49.5 Å². The van der Waals surface area contributed by atoms with Gasteiger partial charge in [0.25, 0.3) is 0 Å². The molecule has 20 heavy (non-hydrogen) atoms. The first-order chi connectivity index (χ1) is 9.33. The molecule has 0 unspecified atom stereocenters. The van der Waals surface area contributed by atoms with Crippen molar-refractivity contribution < 1.29 is 4.21 Å². The van der Waals surface area contributed by atoms with Crippen molar-refractivity contribution in [2.75, 3.05) is 38.7 Å². The van der Waals surface area contributed by atoms with Crippen LogP contribution in [-0.4, -0.2) is 61.3 Å². The van der Waals surface area contributed by atoms with Gasteiger partial charge < -0.3 is 9.80 Å². The minimum absolute atomic E-state index is 0.611. The fourth-order valence-electron chi connectivity index (χ4n) is 1.14. The Hall–Kier alpha value is 0.630. The highest BCUT2D eigenvalue weighted by molar-refractivity contribution is 8.89. The van der Waals surface area contributed by atoms with Crippen LogP contribution in [0.25, 0.3) is 0 Å². The van der Waals surface area contributed by atoms with Gasteiger partial charge in [-0.15, -0.1) is 0 Å². The van der Waals surface area contributed by atoms with Crippen molar-refractivity contribution in [3.63, 3.8) is 0 Å². The van der Waals surface area contributed by atoms with Crippen molar-refractivity contribution in [3.05, 3.63) is 0 Å². The number of rotatable bonds is 4. The number of thiocarbonyl (C=S) groups is 2. The quantitative estimate of drug-likeness (QED) is 0.547. The van der Waals surface area contributed by atoms with E-state index in [1.54, 1.807) is 34.1 Å². The van der Waals surface area contributed by atoms with E-state index in [1.807, 2.05) is 0 Å². The van der Waals surface area contributed by atoms with Crippen LogP contribution in [-0.2, 0) is 10.8 Å². The Balaban J connectivity index is 0. The van der Waals surface area contributed by atoms with E-state index in [-0.39, 0.29) is 0 Å². The van der Waals surface area contributed by atoms with Crippen LogP contribution in [0.2, 0.25) is 0 Å². The lowest BCUT2D eigenvalue weighted by atomic mass is 10.6. The monoisotopic (exact) mass is 374 g/mol. The van der Waals surface area contributed by atoms with Crippen molar-refractivity contribution >= 4 is 65.5 Å². The van der Waals surface area contributed by atoms with E-state index in [1.165, 1.54) is 0 Å². The van der Waals surface area contributed by atoms with Gasteiger partial charge in [0.2, 0.25) is 0 Å². The van der Waals surface area contributed by atoms with Gasteiger partial charge in [0.1, 0.15) is 8.64 Å². The maximum absolute atomic E-state index is 9.56. The molecule has 0 aromatic heterocycles. The average molecular weight is 375 g/mol. The highest BCUT2D eigenvalue weighted by atomic mass is 33.1. The molecule has 0 saturated carbocycles. The summed E-state index contributed by atoms with van der Waals surface area (Å²) in [5.74, 6) is 0. The lowest BCUT2D eigenvalue weighted by Gasteiger charge is -2.23. The number of nitrogens with zero attached hydrogens (tertiary/aromatic N) is 2. The van der Waals surface area contributed by atoms with Crippen molar-refractivity contribution in [1.82, 2.24) is 9.80 Å². The first-order valence-corrected chi connectivity index (χ1v) is 11.4. The molecule has 3 nitrogen and oxygen atoms in total. The molecule has 0 spiro atoms. The Morgan fingerprint density at radius 1 is 0.850 bits per heavy atom. The molecule has 0 radical (unpaired) electrons. The first-order valence-electron chi connectivity index (χ1n) is 6.51. The second kappa shape index (κ2) is 14.6. The molecule has 8 heteroatoms. The molecule has 0 fully saturated rings.